The van der Waals surface area contributed by atoms with E-state index in [-0.39, 0.29) is 42.4 Å². The van der Waals surface area contributed by atoms with E-state index in [1.54, 1.807) is 36.4 Å². The van der Waals surface area contributed by atoms with Crippen LogP contribution in [0.3, 0.4) is 0 Å². The van der Waals surface area contributed by atoms with E-state index in [2.05, 4.69) is 0 Å². The monoisotopic (exact) mass is 764 g/mol. The van der Waals surface area contributed by atoms with E-state index in [0.29, 0.717) is 77.9 Å². The first-order chi connectivity index (χ1) is 24.0. The van der Waals surface area contributed by atoms with Crippen LogP contribution in [0.4, 0.5) is 0 Å². The molecular weight excluding hydrogens is 746 g/mol. The molecule has 9 rings (SSSR count). The second kappa shape index (κ2) is 11.9. The van der Waals surface area contributed by atoms with E-state index in [0.717, 1.165) is 0 Å². The fourth-order valence-electron chi connectivity index (χ4n) is 6.26. The summed E-state index contributed by atoms with van der Waals surface area (Å²) < 4.78 is 66.2. The standard InChI is InChI=1S/C34H20N8O6S2.Zn/c43-49(44,45)15-17-9-11-23-25(13-17)33-39-29-21-7-3-1-5-19(21)27(36-29)35-28-20-6-2-4-8-22(20)30(37-28)40-34-26-14-18(16-50(46,47)48)10-12-24(26)32(42-34)38-31(23)41-33;/h1-14H,15-16H2,(H2-2,35,36,37,38,39,40,41,42,43,44,45,46,47,48);/q-2;+2. The molecule has 14 nitrogen and oxygen atoms in total. The van der Waals surface area contributed by atoms with Gasteiger partial charge in [-0.3, -0.25) is 9.11 Å². The average Bonchev–Trinajstić information content (AvgIpc) is 3.78. The van der Waals surface area contributed by atoms with Gasteiger partial charge in [0.1, 0.15) is 11.5 Å². The van der Waals surface area contributed by atoms with Crippen LogP contribution in [0.5, 0.6) is 0 Å². The summed E-state index contributed by atoms with van der Waals surface area (Å²) >= 11 is 0. The average molecular weight is 766 g/mol. The van der Waals surface area contributed by atoms with E-state index in [9.17, 15) is 25.9 Å². The van der Waals surface area contributed by atoms with Crippen molar-refractivity contribution in [2.75, 3.05) is 0 Å². The Hall–Kier alpha value is -5.32. The maximum atomic E-state index is 11.8. The number of fused-ring (bicyclic) bond motifs is 20. The van der Waals surface area contributed by atoms with Crippen molar-refractivity contribution in [3.8, 4) is 45.6 Å². The van der Waals surface area contributed by atoms with Gasteiger partial charge in [-0.15, -0.1) is 0 Å². The van der Waals surface area contributed by atoms with E-state index in [1.165, 1.54) is 0 Å². The van der Waals surface area contributed by atoms with Crippen molar-refractivity contribution in [2.24, 2.45) is 0 Å². The largest absolute Gasteiger partial charge is 2.00 e. The second-order valence-corrected chi connectivity index (χ2v) is 14.7. The number of benzene rings is 4. The zero-order valence-electron chi connectivity index (χ0n) is 26.1. The van der Waals surface area contributed by atoms with Gasteiger partial charge in [-0.05, 0) is 44.8 Å². The van der Waals surface area contributed by atoms with Gasteiger partial charge in [0.2, 0.25) is 0 Å². The van der Waals surface area contributed by atoms with Gasteiger partial charge >= 0.3 is 19.5 Å². The van der Waals surface area contributed by atoms with Crippen molar-refractivity contribution in [2.45, 2.75) is 11.5 Å². The molecule has 246 valence electrons. The van der Waals surface area contributed by atoms with Gasteiger partial charge in [0.25, 0.3) is 20.2 Å². The van der Waals surface area contributed by atoms with Gasteiger partial charge in [0.05, 0.1) is 23.3 Å². The first-order valence-corrected chi connectivity index (χ1v) is 18.2. The van der Waals surface area contributed by atoms with Gasteiger partial charge < -0.3 is 29.9 Å². The van der Waals surface area contributed by atoms with Crippen molar-refractivity contribution in [3.05, 3.63) is 96.1 Å². The predicted octanol–water partition coefficient (Wildman–Crippen LogP) is 4.90. The van der Waals surface area contributed by atoms with Crippen molar-refractivity contribution >= 4 is 64.4 Å². The van der Waals surface area contributed by atoms with Crippen LogP contribution in [0, 0.1) is 0 Å². The molecule has 0 radical (unpaired) electrons. The van der Waals surface area contributed by atoms with Crippen LogP contribution in [-0.2, 0) is 51.2 Å². The van der Waals surface area contributed by atoms with E-state index in [4.69, 9.17) is 39.9 Å². The van der Waals surface area contributed by atoms with Crippen molar-refractivity contribution in [1.82, 2.24) is 39.9 Å². The maximum Gasteiger partial charge on any atom is 2.00 e. The molecule has 2 N–H and O–H groups in total. The summed E-state index contributed by atoms with van der Waals surface area (Å²) in [7, 11) is -8.67. The first kappa shape index (κ1) is 32.9. The van der Waals surface area contributed by atoms with E-state index >= 15 is 0 Å². The summed E-state index contributed by atoms with van der Waals surface area (Å²) in [5.41, 5.74) is 4.14. The Balaban J connectivity index is 0.00000374. The minimum atomic E-state index is -4.34. The normalized spacial score (nSPS) is 12.4. The maximum absolute atomic E-state index is 11.8. The first-order valence-electron chi connectivity index (χ1n) is 15.0. The minimum absolute atomic E-state index is 0. The molecule has 0 atom stereocenters. The van der Waals surface area contributed by atoms with Crippen LogP contribution in [0.2, 0.25) is 0 Å². The van der Waals surface area contributed by atoms with E-state index < -0.39 is 31.7 Å². The number of hydrogen-bond acceptors (Lipinski definition) is 10. The molecule has 0 saturated carbocycles. The molecule has 0 fully saturated rings. The summed E-state index contributed by atoms with van der Waals surface area (Å²) in [5, 5.41) is 2.41. The summed E-state index contributed by atoms with van der Waals surface area (Å²) in [4.78, 5) is 38.4. The summed E-state index contributed by atoms with van der Waals surface area (Å²) in [5.74, 6) is -0.124. The third-order valence-corrected chi connectivity index (χ3v) is 9.74. The van der Waals surface area contributed by atoms with Crippen molar-refractivity contribution in [3.63, 3.8) is 0 Å². The molecule has 8 bridgehead atoms. The van der Waals surface area contributed by atoms with Crippen LogP contribution >= 0.6 is 0 Å². The molecule has 51 heavy (non-hydrogen) atoms. The van der Waals surface area contributed by atoms with Gasteiger partial charge in [0.15, 0.2) is 0 Å². The Morgan fingerprint density at radius 3 is 1.35 bits per heavy atom. The molecule has 2 aliphatic heterocycles. The summed E-state index contributed by atoms with van der Waals surface area (Å²) in [6.45, 7) is 0. The van der Waals surface area contributed by atoms with Crippen LogP contribution in [0.15, 0.2) is 84.9 Å². The second-order valence-electron chi connectivity index (χ2n) is 11.8. The molecule has 0 spiro atoms. The summed E-state index contributed by atoms with van der Waals surface area (Å²) in [6, 6.07) is 24.5. The summed E-state index contributed by atoms with van der Waals surface area (Å²) in [6.07, 6.45) is 0. The SMILES string of the molecule is O=S(=O)(O)Cc1ccc2c(c1)-c1nc-2nc2[n-]c(nc3nc(nc4[n-]c(n1)c1ccccc41)-c1ccccc1-3)c1cc(CS(=O)(=O)O)ccc21.[Zn+2]. The van der Waals surface area contributed by atoms with Crippen LogP contribution in [0.1, 0.15) is 11.1 Å². The van der Waals surface area contributed by atoms with Gasteiger partial charge in [-0.2, -0.15) is 16.8 Å². The fourth-order valence-corrected chi connectivity index (χ4v) is 7.46. The molecule has 0 aliphatic carbocycles. The molecule has 7 aromatic rings. The molecule has 0 saturated heterocycles. The number of hydrogen-bond donors (Lipinski definition) is 2. The zero-order chi connectivity index (χ0) is 34.4. The quantitative estimate of drug-likeness (QED) is 0.180. The molecule has 17 heteroatoms. The molecular formula is C34H20N8O6S2Zn. The number of nitrogens with zero attached hydrogens (tertiary/aromatic N) is 8. The molecule has 4 aromatic carbocycles. The molecule has 0 unspecified atom stereocenters. The Morgan fingerprint density at radius 2 is 0.843 bits per heavy atom. The zero-order valence-corrected chi connectivity index (χ0v) is 30.7. The number of aromatic nitrogens is 8. The van der Waals surface area contributed by atoms with Crippen LogP contribution in [-0.4, -0.2) is 55.8 Å². The molecule has 0 amide bonds. The van der Waals surface area contributed by atoms with Gasteiger partial charge in [-0.1, -0.05) is 72.8 Å². The Bertz CT molecular complexity index is 3020. The van der Waals surface area contributed by atoms with Gasteiger partial charge in [-0.25, -0.2) is 9.97 Å². The Morgan fingerprint density at radius 1 is 0.451 bits per heavy atom. The Labute approximate surface area is 301 Å². The molecule has 3 aromatic heterocycles. The topological polar surface area (TPSA) is 214 Å². The van der Waals surface area contributed by atoms with Crippen molar-refractivity contribution in [1.29, 1.82) is 0 Å². The molecule has 2 aliphatic rings. The van der Waals surface area contributed by atoms with E-state index in [1.807, 2.05) is 48.5 Å². The predicted molar refractivity (Wildman–Crippen MR) is 184 cm³/mol. The Kier molecular flexibility index (Phi) is 7.66. The fraction of sp³-hybridized carbons (Fsp3) is 0.0588. The number of rotatable bonds is 4. The minimum Gasteiger partial charge on any atom is -0.357 e. The van der Waals surface area contributed by atoms with Crippen LogP contribution < -0.4 is 9.97 Å². The molecule has 5 heterocycles. The third kappa shape index (κ3) is 5.98. The third-order valence-electron chi connectivity index (χ3n) is 8.34. The smallest absolute Gasteiger partial charge is 0.357 e. The van der Waals surface area contributed by atoms with Gasteiger partial charge in [0, 0.05) is 44.8 Å². The van der Waals surface area contributed by atoms with Crippen molar-refractivity contribution < 1.29 is 45.4 Å². The van der Waals surface area contributed by atoms with Crippen LogP contribution in [0.25, 0.3) is 89.7 Å².